The summed E-state index contributed by atoms with van der Waals surface area (Å²) in [5.41, 5.74) is 0.548. The van der Waals surface area contributed by atoms with E-state index >= 15 is 0 Å². The molecular weight excluding hydrogens is 473 g/mol. The average molecular weight is 499 g/mol. The smallest absolute Gasteiger partial charge is 0.373 e. The summed E-state index contributed by atoms with van der Waals surface area (Å²) < 4.78 is 46.2. The van der Waals surface area contributed by atoms with Crippen molar-refractivity contribution in [2.24, 2.45) is 0 Å². The molecule has 2 aliphatic heterocycles. The second kappa shape index (κ2) is 9.58. The molecule has 2 unspecified atom stereocenters. The first kappa shape index (κ1) is 24.5. The van der Waals surface area contributed by atoms with Crippen LogP contribution in [0.1, 0.15) is 76.9 Å². The van der Waals surface area contributed by atoms with Crippen molar-refractivity contribution in [3.05, 3.63) is 51.6 Å². The highest BCUT2D eigenvalue weighted by atomic mass is 35.5. The summed E-state index contributed by atoms with van der Waals surface area (Å²) in [6, 6.07) is 3.14. The van der Waals surface area contributed by atoms with Crippen molar-refractivity contribution < 1.29 is 27.5 Å². The van der Waals surface area contributed by atoms with Gasteiger partial charge in [0.2, 0.25) is 0 Å². The van der Waals surface area contributed by atoms with Crippen LogP contribution < -0.4 is 5.32 Å². The van der Waals surface area contributed by atoms with Crippen molar-refractivity contribution in [1.29, 1.82) is 0 Å². The standard InChI is InChI=1S/C23H26ClF3N4O3/c1-3-16(14-6-7-19(23(25,26)27)29-20(14)24)28-21(32)15-11-17(31-9-10-34-12-18(15)31)22(33)30-8-4-5-13(30)2/h6-7,11,13,16H,3-5,8-10,12H2,1-2H3,(H,28,32). The molecule has 7 nitrogen and oxygen atoms in total. The minimum absolute atomic E-state index is 0.116. The van der Waals surface area contributed by atoms with E-state index in [1.807, 2.05) is 16.4 Å². The van der Waals surface area contributed by atoms with Gasteiger partial charge in [-0.1, -0.05) is 24.6 Å². The summed E-state index contributed by atoms with van der Waals surface area (Å²) in [5.74, 6) is -0.570. The Morgan fingerprint density at radius 1 is 1.32 bits per heavy atom. The van der Waals surface area contributed by atoms with Crippen molar-refractivity contribution in [1.82, 2.24) is 19.8 Å². The molecular formula is C23H26ClF3N4O3. The number of carbonyl (C=O) groups is 2. The van der Waals surface area contributed by atoms with Gasteiger partial charge in [-0.15, -0.1) is 0 Å². The molecule has 0 aliphatic carbocycles. The molecule has 4 rings (SSSR count). The zero-order valence-corrected chi connectivity index (χ0v) is 19.7. The van der Waals surface area contributed by atoms with Crippen LogP contribution in [0.4, 0.5) is 13.2 Å². The molecule has 0 bridgehead atoms. The number of alkyl halides is 3. The second-order valence-electron chi connectivity index (χ2n) is 8.59. The Bertz CT molecular complexity index is 1100. The third-order valence-electron chi connectivity index (χ3n) is 6.44. The van der Waals surface area contributed by atoms with Crippen molar-refractivity contribution in [3.63, 3.8) is 0 Å². The van der Waals surface area contributed by atoms with Crippen LogP contribution in [0, 0.1) is 0 Å². The first-order valence-corrected chi connectivity index (χ1v) is 11.6. The van der Waals surface area contributed by atoms with Gasteiger partial charge >= 0.3 is 6.18 Å². The topological polar surface area (TPSA) is 76.5 Å². The number of amides is 2. The summed E-state index contributed by atoms with van der Waals surface area (Å²) in [7, 11) is 0. The minimum atomic E-state index is -4.62. The van der Waals surface area contributed by atoms with E-state index in [0.29, 0.717) is 43.1 Å². The maximum Gasteiger partial charge on any atom is 0.433 e. The van der Waals surface area contributed by atoms with Crippen LogP contribution in [0.5, 0.6) is 0 Å². The summed E-state index contributed by atoms with van der Waals surface area (Å²) in [4.78, 5) is 31.8. The number of fused-ring (bicyclic) bond motifs is 1. The fraction of sp³-hybridized carbons (Fsp3) is 0.522. The third kappa shape index (κ3) is 4.65. The van der Waals surface area contributed by atoms with E-state index in [0.717, 1.165) is 18.9 Å². The van der Waals surface area contributed by atoms with E-state index in [1.54, 1.807) is 13.0 Å². The molecule has 1 saturated heterocycles. The number of ether oxygens (including phenoxy) is 1. The molecule has 2 aromatic heterocycles. The molecule has 0 radical (unpaired) electrons. The van der Waals surface area contributed by atoms with Gasteiger partial charge in [-0.3, -0.25) is 9.59 Å². The molecule has 11 heteroatoms. The molecule has 1 fully saturated rings. The molecule has 34 heavy (non-hydrogen) atoms. The maximum atomic E-state index is 13.3. The summed E-state index contributed by atoms with van der Waals surface area (Å²) >= 11 is 6.05. The van der Waals surface area contributed by atoms with E-state index in [1.165, 1.54) is 6.07 Å². The van der Waals surface area contributed by atoms with Crippen LogP contribution >= 0.6 is 11.6 Å². The van der Waals surface area contributed by atoms with Crippen LogP contribution in [0.2, 0.25) is 5.15 Å². The molecule has 0 spiro atoms. The number of aromatic nitrogens is 2. The van der Waals surface area contributed by atoms with E-state index < -0.39 is 23.8 Å². The molecule has 4 heterocycles. The fourth-order valence-corrected chi connectivity index (χ4v) is 4.86. The van der Waals surface area contributed by atoms with Gasteiger partial charge in [0.15, 0.2) is 0 Å². The molecule has 2 amide bonds. The Morgan fingerprint density at radius 3 is 2.71 bits per heavy atom. The van der Waals surface area contributed by atoms with Crippen molar-refractivity contribution in [2.75, 3.05) is 13.2 Å². The van der Waals surface area contributed by atoms with Crippen LogP contribution in [0.15, 0.2) is 18.2 Å². The Labute approximate surface area is 200 Å². The maximum absolute atomic E-state index is 13.3. The Hall–Kier alpha value is -2.59. The number of halogens is 4. The lowest BCUT2D eigenvalue weighted by Gasteiger charge is -2.24. The monoisotopic (exact) mass is 498 g/mol. The number of likely N-dealkylation sites (tertiary alicyclic amines) is 1. The van der Waals surface area contributed by atoms with Crippen molar-refractivity contribution >= 4 is 23.4 Å². The fourth-order valence-electron chi connectivity index (χ4n) is 4.58. The highest BCUT2D eigenvalue weighted by molar-refractivity contribution is 6.30. The summed E-state index contributed by atoms with van der Waals surface area (Å²) in [6.07, 6.45) is -2.36. The predicted octanol–water partition coefficient (Wildman–Crippen LogP) is 4.59. The zero-order valence-electron chi connectivity index (χ0n) is 18.9. The Balaban J connectivity index is 1.61. The van der Waals surface area contributed by atoms with E-state index in [2.05, 4.69) is 10.3 Å². The lowest BCUT2D eigenvalue weighted by molar-refractivity contribution is -0.141. The number of hydrogen-bond donors (Lipinski definition) is 1. The molecule has 0 aromatic carbocycles. The van der Waals surface area contributed by atoms with E-state index in [9.17, 15) is 22.8 Å². The largest absolute Gasteiger partial charge is 0.433 e. The number of rotatable bonds is 5. The lowest BCUT2D eigenvalue weighted by atomic mass is 10.1. The first-order valence-electron chi connectivity index (χ1n) is 11.3. The zero-order chi connectivity index (χ0) is 24.6. The molecule has 1 N–H and O–H groups in total. The van der Waals surface area contributed by atoms with Crippen LogP contribution in [0.25, 0.3) is 0 Å². The van der Waals surface area contributed by atoms with Gasteiger partial charge in [-0.05, 0) is 38.3 Å². The van der Waals surface area contributed by atoms with Gasteiger partial charge < -0.3 is 19.5 Å². The number of hydrogen-bond acceptors (Lipinski definition) is 4. The van der Waals surface area contributed by atoms with Crippen LogP contribution in [0.3, 0.4) is 0 Å². The van der Waals surface area contributed by atoms with Gasteiger partial charge in [0, 0.05) is 24.7 Å². The van der Waals surface area contributed by atoms with Crippen LogP contribution in [-0.4, -0.2) is 45.5 Å². The lowest BCUT2D eigenvalue weighted by Crippen LogP contribution is -2.35. The normalized spacial score (nSPS) is 19.1. The summed E-state index contributed by atoms with van der Waals surface area (Å²) in [5, 5.41) is 2.52. The highest BCUT2D eigenvalue weighted by Gasteiger charge is 2.34. The SMILES string of the molecule is CCC(NC(=O)c1cc(C(=O)N2CCCC2C)n2c1COCC2)c1ccc(C(F)(F)F)nc1Cl. The van der Waals surface area contributed by atoms with Gasteiger partial charge in [-0.2, -0.15) is 13.2 Å². The van der Waals surface area contributed by atoms with Crippen molar-refractivity contribution in [2.45, 2.75) is 64.5 Å². The number of nitrogens with zero attached hydrogens (tertiary/aromatic N) is 3. The molecule has 2 aromatic rings. The molecule has 2 atom stereocenters. The van der Waals surface area contributed by atoms with Gasteiger partial charge in [0.1, 0.15) is 16.5 Å². The quantitative estimate of drug-likeness (QED) is 0.612. The van der Waals surface area contributed by atoms with E-state index in [4.69, 9.17) is 16.3 Å². The van der Waals surface area contributed by atoms with Crippen molar-refractivity contribution in [3.8, 4) is 0 Å². The number of nitrogens with one attached hydrogen (secondary N) is 1. The number of carbonyl (C=O) groups excluding carboxylic acids is 2. The Morgan fingerprint density at radius 2 is 2.09 bits per heavy atom. The van der Waals surface area contributed by atoms with E-state index in [-0.39, 0.29) is 29.3 Å². The molecule has 0 saturated carbocycles. The predicted molar refractivity (Wildman–Crippen MR) is 119 cm³/mol. The van der Waals surface area contributed by atoms with Crippen LogP contribution in [-0.2, 0) is 24.1 Å². The Kier molecular flexibility index (Phi) is 6.91. The number of pyridine rings is 1. The average Bonchev–Trinajstić information content (AvgIpc) is 3.40. The molecule has 2 aliphatic rings. The van der Waals surface area contributed by atoms with Gasteiger partial charge in [0.25, 0.3) is 11.8 Å². The third-order valence-corrected chi connectivity index (χ3v) is 6.74. The summed E-state index contributed by atoms with van der Waals surface area (Å²) in [6.45, 7) is 5.54. The van der Waals surface area contributed by atoms with Gasteiger partial charge in [-0.25, -0.2) is 4.98 Å². The minimum Gasteiger partial charge on any atom is -0.373 e. The van der Waals surface area contributed by atoms with Gasteiger partial charge in [0.05, 0.1) is 30.5 Å². The first-order chi connectivity index (χ1) is 16.1. The molecule has 184 valence electrons. The second-order valence-corrected chi connectivity index (χ2v) is 8.95. The highest BCUT2D eigenvalue weighted by Crippen LogP contribution is 2.32.